The van der Waals surface area contributed by atoms with E-state index in [-0.39, 0.29) is 17.5 Å². The Morgan fingerprint density at radius 1 is 0.962 bits per heavy atom. The van der Waals surface area contributed by atoms with Crippen LogP contribution in [0.4, 0.5) is 17.5 Å². The van der Waals surface area contributed by atoms with Crippen molar-refractivity contribution < 1.29 is 4.92 Å². The number of nitrogen functional groups attached to an aromatic ring is 2. The maximum absolute atomic E-state index is 10.7. The molecular weight excluding hydrogens is 354 g/mol. The van der Waals surface area contributed by atoms with Gasteiger partial charge in [-0.15, -0.1) is 0 Å². The average molecular weight is 368 g/mol. The molecule has 0 saturated carbocycles. The Balaban J connectivity index is 2.01. The van der Waals surface area contributed by atoms with Crippen molar-refractivity contribution >= 4 is 41.2 Å². The van der Waals surface area contributed by atoms with Crippen molar-refractivity contribution in [1.82, 2.24) is 9.97 Å². The molecule has 7 nitrogen and oxygen atoms in total. The first kappa shape index (κ1) is 17.4. The van der Waals surface area contributed by atoms with E-state index in [4.69, 9.17) is 23.1 Å². The van der Waals surface area contributed by atoms with Crippen LogP contribution in [0.5, 0.6) is 0 Å². The molecule has 8 heteroatoms. The third-order valence-corrected chi connectivity index (χ3v) is 3.90. The molecular formula is C18H14ClN5O2. The monoisotopic (exact) mass is 367 g/mol. The average Bonchev–Trinajstić information content (AvgIpc) is 2.61. The highest BCUT2D eigenvalue weighted by Crippen LogP contribution is 2.30. The van der Waals surface area contributed by atoms with Crippen molar-refractivity contribution in [2.24, 2.45) is 0 Å². The van der Waals surface area contributed by atoms with E-state index in [0.717, 1.165) is 11.1 Å². The maximum Gasteiger partial charge on any atom is 0.269 e. The second kappa shape index (κ2) is 7.20. The number of rotatable bonds is 4. The van der Waals surface area contributed by atoms with Gasteiger partial charge in [-0.1, -0.05) is 29.8 Å². The van der Waals surface area contributed by atoms with Crippen LogP contribution >= 0.6 is 11.6 Å². The quantitative estimate of drug-likeness (QED) is 0.530. The molecule has 0 saturated heterocycles. The summed E-state index contributed by atoms with van der Waals surface area (Å²) in [5.74, 6) is 0.312. The molecule has 0 aliphatic rings. The molecule has 0 spiro atoms. The highest BCUT2D eigenvalue weighted by atomic mass is 35.5. The van der Waals surface area contributed by atoms with Crippen LogP contribution in [-0.2, 0) is 0 Å². The molecule has 0 atom stereocenters. The molecule has 3 aromatic rings. The molecule has 0 fully saturated rings. The van der Waals surface area contributed by atoms with Crippen LogP contribution in [0.3, 0.4) is 0 Å². The van der Waals surface area contributed by atoms with Gasteiger partial charge in [0.2, 0.25) is 5.95 Å². The predicted octanol–water partition coefficient (Wildman–Crippen LogP) is 4.04. The fourth-order valence-electron chi connectivity index (χ4n) is 2.43. The summed E-state index contributed by atoms with van der Waals surface area (Å²) in [6.07, 6.45) is 3.50. The fourth-order valence-corrected chi connectivity index (χ4v) is 2.56. The SMILES string of the molecule is Nc1nc(N)c(-c2ccc(Cl)cc2)c(C=Cc2ccc([N+](=O)[O-])cc2)n1. The summed E-state index contributed by atoms with van der Waals surface area (Å²) >= 11 is 5.94. The second-order valence-electron chi connectivity index (χ2n) is 5.42. The molecule has 0 amide bonds. The predicted molar refractivity (Wildman–Crippen MR) is 103 cm³/mol. The van der Waals surface area contributed by atoms with Gasteiger partial charge in [-0.3, -0.25) is 10.1 Å². The lowest BCUT2D eigenvalue weighted by Gasteiger charge is -2.10. The number of nitrogens with zero attached hydrogens (tertiary/aromatic N) is 3. The minimum absolute atomic E-state index is 0.0273. The van der Waals surface area contributed by atoms with Crippen molar-refractivity contribution in [3.8, 4) is 11.1 Å². The molecule has 26 heavy (non-hydrogen) atoms. The number of hydrogen-bond acceptors (Lipinski definition) is 6. The molecule has 3 rings (SSSR count). The number of nitro benzene ring substituents is 1. The van der Waals surface area contributed by atoms with Gasteiger partial charge >= 0.3 is 0 Å². The first-order chi connectivity index (χ1) is 12.4. The van der Waals surface area contributed by atoms with Crippen LogP contribution < -0.4 is 11.5 Å². The number of aromatic nitrogens is 2. The first-order valence-electron chi connectivity index (χ1n) is 7.55. The number of anilines is 2. The summed E-state index contributed by atoms with van der Waals surface area (Å²) in [5, 5.41) is 11.3. The molecule has 4 N–H and O–H groups in total. The van der Waals surface area contributed by atoms with E-state index >= 15 is 0 Å². The van der Waals surface area contributed by atoms with Crippen molar-refractivity contribution in [3.63, 3.8) is 0 Å². The lowest BCUT2D eigenvalue weighted by Crippen LogP contribution is -2.04. The fraction of sp³-hybridized carbons (Fsp3) is 0. The summed E-state index contributed by atoms with van der Waals surface area (Å²) in [7, 11) is 0. The minimum Gasteiger partial charge on any atom is -0.383 e. The lowest BCUT2D eigenvalue weighted by atomic mass is 10.0. The summed E-state index contributed by atoms with van der Waals surface area (Å²) in [6.45, 7) is 0. The van der Waals surface area contributed by atoms with Gasteiger partial charge in [0.15, 0.2) is 0 Å². The third-order valence-electron chi connectivity index (χ3n) is 3.65. The van der Waals surface area contributed by atoms with Crippen LogP contribution in [0, 0.1) is 10.1 Å². The Morgan fingerprint density at radius 3 is 2.23 bits per heavy atom. The highest BCUT2D eigenvalue weighted by Gasteiger charge is 2.12. The molecule has 0 aliphatic carbocycles. The van der Waals surface area contributed by atoms with Gasteiger partial charge in [-0.25, -0.2) is 4.98 Å². The Bertz CT molecular complexity index is 986. The highest BCUT2D eigenvalue weighted by molar-refractivity contribution is 6.30. The lowest BCUT2D eigenvalue weighted by molar-refractivity contribution is -0.384. The smallest absolute Gasteiger partial charge is 0.269 e. The molecule has 0 aliphatic heterocycles. The van der Waals surface area contributed by atoms with Gasteiger partial charge in [-0.2, -0.15) is 4.98 Å². The topological polar surface area (TPSA) is 121 Å². The van der Waals surface area contributed by atoms with Crippen molar-refractivity contribution in [2.75, 3.05) is 11.5 Å². The second-order valence-corrected chi connectivity index (χ2v) is 5.85. The van der Waals surface area contributed by atoms with Gasteiger partial charge in [0, 0.05) is 22.7 Å². The van der Waals surface area contributed by atoms with Crippen LogP contribution in [0.25, 0.3) is 23.3 Å². The van der Waals surface area contributed by atoms with E-state index in [2.05, 4.69) is 9.97 Å². The molecule has 0 radical (unpaired) electrons. The van der Waals surface area contributed by atoms with E-state index < -0.39 is 4.92 Å². The van der Waals surface area contributed by atoms with Crippen molar-refractivity contribution in [1.29, 1.82) is 0 Å². The normalized spacial score (nSPS) is 11.0. The Morgan fingerprint density at radius 2 is 1.62 bits per heavy atom. The zero-order chi connectivity index (χ0) is 18.7. The molecule has 0 bridgehead atoms. The zero-order valence-corrected chi connectivity index (χ0v) is 14.2. The molecule has 0 unspecified atom stereocenters. The standard InChI is InChI=1S/C18H14ClN5O2/c19-13-6-4-12(5-7-13)16-15(22-18(21)23-17(16)20)10-3-11-1-8-14(9-2-11)24(25)26/h1-10H,(H4,20,21,22,23). The van der Waals surface area contributed by atoms with E-state index in [1.165, 1.54) is 12.1 Å². The number of benzene rings is 2. The van der Waals surface area contributed by atoms with Crippen molar-refractivity contribution in [3.05, 3.63) is 74.9 Å². The van der Waals surface area contributed by atoms with E-state index in [0.29, 0.717) is 16.3 Å². The van der Waals surface area contributed by atoms with E-state index in [9.17, 15) is 10.1 Å². The minimum atomic E-state index is -0.446. The van der Waals surface area contributed by atoms with E-state index in [1.807, 2.05) is 12.1 Å². The maximum atomic E-state index is 10.7. The van der Waals surface area contributed by atoms with Crippen LogP contribution in [-0.4, -0.2) is 14.9 Å². The summed E-state index contributed by atoms with van der Waals surface area (Å²) in [5.41, 5.74) is 14.5. The van der Waals surface area contributed by atoms with Crippen molar-refractivity contribution in [2.45, 2.75) is 0 Å². The first-order valence-corrected chi connectivity index (χ1v) is 7.93. The van der Waals surface area contributed by atoms with Crippen LogP contribution in [0.1, 0.15) is 11.3 Å². The molecule has 130 valence electrons. The Labute approximate surface area is 154 Å². The van der Waals surface area contributed by atoms with Crippen LogP contribution in [0.15, 0.2) is 48.5 Å². The van der Waals surface area contributed by atoms with Gasteiger partial charge in [0.25, 0.3) is 5.69 Å². The summed E-state index contributed by atoms with van der Waals surface area (Å²) in [4.78, 5) is 18.6. The van der Waals surface area contributed by atoms with Crippen LogP contribution in [0.2, 0.25) is 5.02 Å². The summed E-state index contributed by atoms with van der Waals surface area (Å²) < 4.78 is 0. The molecule has 1 aromatic heterocycles. The number of nitro groups is 1. The Kier molecular flexibility index (Phi) is 4.81. The molecule has 2 aromatic carbocycles. The molecule has 1 heterocycles. The van der Waals surface area contributed by atoms with E-state index in [1.54, 1.807) is 36.4 Å². The van der Waals surface area contributed by atoms with Gasteiger partial charge in [0.1, 0.15) is 5.82 Å². The number of hydrogen-bond donors (Lipinski definition) is 2. The number of non-ortho nitro benzene ring substituents is 1. The largest absolute Gasteiger partial charge is 0.383 e. The zero-order valence-electron chi connectivity index (χ0n) is 13.5. The van der Waals surface area contributed by atoms with Gasteiger partial charge < -0.3 is 11.5 Å². The summed E-state index contributed by atoms with van der Waals surface area (Å²) in [6, 6.07) is 13.3. The number of nitrogens with two attached hydrogens (primary N) is 2. The Hall–Kier alpha value is -3.45. The number of halogens is 1. The van der Waals surface area contributed by atoms with Gasteiger partial charge in [-0.05, 0) is 41.5 Å². The van der Waals surface area contributed by atoms with Gasteiger partial charge in [0.05, 0.1) is 10.6 Å². The third kappa shape index (κ3) is 3.79.